The molecule has 0 aliphatic carbocycles. The van der Waals surface area contributed by atoms with Gasteiger partial charge in [-0.05, 0) is 52.4 Å². The summed E-state index contributed by atoms with van der Waals surface area (Å²) in [5.41, 5.74) is 2.68. The van der Waals surface area contributed by atoms with E-state index in [4.69, 9.17) is 0 Å². The van der Waals surface area contributed by atoms with Crippen molar-refractivity contribution in [2.75, 3.05) is 0 Å². The lowest BCUT2D eigenvalue weighted by Crippen LogP contribution is -2.14. The van der Waals surface area contributed by atoms with Crippen LogP contribution in [0.1, 0.15) is 52.3 Å². The predicted molar refractivity (Wildman–Crippen MR) is 73.8 cm³/mol. The molecule has 1 aromatic rings. The topological polar surface area (TPSA) is 12.9 Å². The molecule has 0 aromatic carbocycles. The first-order chi connectivity index (χ1) is 7.29. The fourth-order valence-corrected chi connectivity index (χ4v) is 2.02. The third-order valence-corrected chi connectivity index (χ3v) is 3.04. The second kappa shape index (κ2) is 5.31. The number of hydrogen-bond acceptors (Lipinski definition) is 1. The fraction of sp³-hybridized carbons (Fsp3) is 0.643. The second-order valence-electron chi connectivity index (χ2n) is 5.87. The van der Waals surface area contributed by atoms with Crippen molar-refractivity contribution < 1.29 is 0 Å². The van der Waals surface area contributed by atoms with Crippen molar-refractivity contribution in [1.82, 2.24) is 4.98 Å². The molecule has 0 aliphatic heterocycles. The Labute approximate surface area is 108 Å². The van der Waals surface area contributed by atoms with Crippen LogP contribution in [0.4, 0.5) is 0 Å². The normalized spacial score (nSPS) is 12.2. The number of aryl methyl sites for hydroxylation is 1. The Morgan fingerprint density at radius 3 is 2.38 bits per heavy atom. The smallest absolute Gasteiger partial charge is 0.106 e. The van der Waals surface area contributed by atoms with E-state index < -0.39 is 0 Å². The van der Waals surface area contributed by atoms with Gasteiger partial charge in [0.15, 0.2) is 0 Å². The standard InChI is InChI=1S/C14H22BrN/c1-10(2)6-7-11-8-12(14(3,4)5)16-13(15)9-11/h8-10H,6-7H2,1-5H3. The van der Waals surface area contributed by atoms with Gasteiger partial charge in [0.25, 0.3) is 0 Å². The van der Waals surface area contributed by atoms with Gasteiger partial charge >= 0.3 is 0 Å². The van der Waals surface area contributed by atoms with Gasteiger partial charge in [-0.1, -0.05) is 34.6 Å². The maximum atomic E-state index is 4.55. The lowest BCUT2D eigenvalue weighted by Gasteiger charge is -2.19. The van der Waals surface area contributed by atoms with Gasteiger partial charge in [0.1, 0.15) is 4.60 Å². The minimum absolute atomic E-state index is 0.121. The molecular formula is C14H22BrN. The van der Waals surface area contributed by atoms with Crippen LogP contribution in [0, 0.1) is 5.92 Å². The highest BCUT2D eigenvalue weighted by atomic mass is 79.9. The number of hydrogen-bond donors (Lipinski definition) is 0. The van der Waals surface area contributed by atoms with Crippen molar-refractivity contribution >= 4 is 15.9 Å². The molecule has 1 nitrogen and oxygen atoms in total. The molecule has 1 heterocycles. The first-order valence-corrected chi connectivity index (χ1v) is 6.75. The lowest BCUT2D eigenvalue weighted by molar-refractivity contribution is 0.561. The Hall–Kier alpha value is -0.370. The molecule has 90 valence electrons. The van der Waals surface area contributed by atoms with Gasteiger partial charge in [-0.3, -0.25) is 0 Å². The zero-order valence-electron chi connectivity index (χ0n) is 11.0. The minimum Gasteiger partial charge on any atom is -0.245 e. The summed E-state index contributed by atoms with van der Waals surface area (Å²) in [5.74, 6) is 0.755. The van der Waals surface area contributed by atoms with Crippen LogP contribution in [0.25, 0.3) is 0 Å². The van der Waals surface area contributed by atoms with Crippen LogP contribution < -0.4 is 0 Å². The molecule has 0 radical (unpaired) electrons. The second-order valence-corrected chi connectivity index (χ2v) is 6.68. The summed E-state index contributed by atoms with van der Waals surface area (Å²) in [5, 5.41) is 0. The van der Waals surface area contributed by atoms with Crippen molar-refractivity contribution in [2.24, 2.45) is 5.92 Å². The Bertz CT molecular complexity index is 350. The molecule has 16 heavy (non-hydrogen) atoms. The molecule has 0 unspecified atom stereocenters. The summed E-state index contributed by atoms with van der Waals surface area (Å²) in [7, 11) is 0. The average Bonchev–Trinajstić information content (AvgIpc) is 2.12. The monoisotopic (exact) mass is 283 g/mol. The molecule has 0 saturated heterocycles. The molecule has 0 bridgehead atoms. The van der Waals surface area contributed by atoms with Gasteiger partial charge in [-0.2, -0.15) is 0 Å². The average molecular weight is 284 g/mol. The van der Waals surface area contributed by atoms with Crippen LogP contribution in [0.5, 0.6) is 0 Å². The summed E-state index contributed by atoms with van der Waals surface area (Å²) < 4.78 is 0.957. The predicted octanol–water partition coefficient (Wildman–Crippen LogP) is 4.73. The van der Waals surface area contributed by atoms with E-state index in [9.17, 15) is 0 Å². The van der Waals surface area contributed by atoms with Crippen molar-refractivity contribution in [2.45, 2.75) is 52.9 Å². The molecule has 0 atom stereocenters. The van der Waals surface area contributed by atoms with Crippen molar-refractivity contribution in [3.05, 3.63) is 28.0 Å². The number of nitrogens with zero attached hydrogens (tertiary/aromatic N) is 1. The Balaban J connectivity index is 2.90. The van der Waals surface area contributed by atoms with E-state index in [1.807, 2.05) is 0 Å². The van der Waals surface area contributed by atoms with Crippen LogP contribution >= 0.6 is 15.9 Å². The molecule has 0 spiro atoms. The third-order valence-electron chi connectivity index (χ3n) is 2.63. The Morgan fingerprint density at radius 1 is 1.25 bits per heavy atom. The van der Waals surface area contributed by atoms with E-state index in [1.165, 1.54) is 17.7 Å². The van der Waals surface area contributed by atoms with E-state index in [2.05, 4.69) is 67.7 Å². The molecule has 1 rings (SSSR count). The number of rotatable bonds is 3. The van der Waals surface area contributed by atoms with Crippen molar-refractivity contribution in [1.29, 1.82) is 0 Å². The van der Waals surface area contributed by atoms with E-state index >= 15 is 0 Å². The summed E-state index contributed by atoms with van der Waals surface area (Å²) in [6.45, 7) is 11.1. The van der Waals surface area contributed by atoms with Gasteiger partial charge in [0, 0.05) is 11.1 Å². The molecule has 0 aliphatic rings. The summed E-state index contributed by atoms with van der Waals surface area (Å²) in [4.78, 5) is 4.55. The van der Waals surface area contributed by atoms with E-state index in [0.717, 1.165) is 16.9 Å². The van der Waals surface area contributed by atoms with Gasteiger partial charge in [-0.15, -0.1) is 0 Å². The van der Waals surface area contributed by atoms with E-state index in [-0.39, 0.29) is 5.41 Å². The minimum atomic E-state index is 0.121. The van der Waals surface area contributed by atoms with Crippen molar-refractivity contribution in [3.63, 3.8) is 0 Å². The van der Waals surface area contributed by atoms with Crippen molar-refractivity contribution in [3.8, 4) is 0 Å². The van der Waals surface area contributed by atoms with Gasteiger partial charge in [0.2, 0.25) is 0 Å². The third kappa shape index (κ3) is 4.25. The van der Waals surface area contributed by atoms with Crippen LogP contribution in [0.3, 0.4) is 0 Å². The summed E-state index contributed by atoms with van der Waals surface area (Å²) in [6, 6.07) is 4.38. The SMILES string of the molecule is CC(C)CCc1cc(Br)nc(C(C)(C)C)c1. The highest BCUT2D eigenvalue weighted by Gasteiger charge is 2.16. The highest BCUT2D eigenvalue weighted by Crippen LogP contribution is 2.24. The largest absolute Gasteiger partial charge is 0.245 e. The molecule has 0 amide bonds. The Kier molecular flexibility index (Phi) is 4.54. The van der Waals surface area contributed by atoms with Crippen LogP contribution in [0.2, 0.25) is 0 Å². The molecular weight excluding hydrogens is 262 g/mol. The molecule has 2 heteroatoms. The first-order valence-electron chi connectivity index (χ1n) is 5.96. The zero-order chi connectivity index (χ0) is 12.3. The quantitative estimate of drug-likeness (QED) is 0.731. The van der Waals surface area contributed by atoms with E-state index in [1.54, 1.807) is 0 Å². The molecule has 0 saturated carbocycles. The number of pyridine rings is 1. The Morgan fingerprint density at radius 2 is 1.88 bits per heavy atom. The van der Waals surface area contributed by atoms with Gasteiger partial charge in [-0.25, -0.2) is 4.98 Å². The molecule has 1 aromatic heterocycles. The molecule has 0 fully saturated rings. The highest BCUT2D eigenvalue weighted by molar-refractivity contribution is 9.10. The summed E-state index contributed by atoms with van der Waals surface area (Å²) in [6.07, 6.45) is 2.38. The molecule has 0 N–H and O–H groups in total. The maximum absolute atomic E-state index is 4.55. The number of aromatic nitrogens is 1. The van der Waals surface area contributed by atoms with Crippen LogP contribution in [-0.4, -0.2) is 4.98 Å². The van der Waals surface area contributed by atoms with Gasteiger partial charge < -0.3 is 0 Å². The van der Waals surface area contributed by atoms with Crippen LogP contribution in [-0.2, 0) is 11.8 Å². The zero-order valence-corrected chi connectivity index (χ0v) is 12.6. The lowest BCUT2D eigenvalue weighted by atomic mass is 9.90. The maximum Gasteiger partial charge on any atom is 0.106 e. The fourth-order valence-electron chi connectivity index (χ4n) is 1.53. The van der Waals surface area contributed by atoms with E-state index in [0.29, 0.717) is 0 Å². The first kappa shape index (κ1) is 13.7. The van der Waals surface area contributed by atoms with Gasteiger partial charge in [0.05, 0.1) is 0 Å². The number of halogens is 1. The summed E-state index contributed by atoms with van der Waals surface area (Å²) >= 11 is 3.50. The van der Waals surface area contributed by atoms with Crippen LogP contribution in [0.15, 0.2) is 16.7 Å².